The third-order valence-corrected chi connectivity index (χ3v) is 2.93. The van der Waals surface area contributed by atoms with Gasteiger partial charge in [-0.1, -0.05) is 6.92 Å². The number of hydrogen-bond donors (Lipinski definition) is 1. The molecule has 0 aliphatic heterocycles. The minimum Gasteiger partial charge on any atom is -0.449 e. The molecule has 0 fully saturated rings. The molecule has 0 spiro atoms. The van der Waals surface area contributed by atoms with Crippen LogP contribution >= 0.6 is 0 Å². The highest BCUT2D eigenvalue weighted by molar-refractivity contribution is 5.92. The van der Waals surface area contributed by atoms with Crippen molar-refractivity contribution in [1.29, 1.82) is 0 Å². The van der Waals surface area contributed by atoms with Crippen LogP contribution < -0.4 is 5.32 Å². The Morgan fingerprint density at radius 3 is 2.64 bits per heavy atom. The third kappa shape index (κ3) is 3.91. The van der Waals surface area contributed by atoms with E-state index in [1.54, 1.807) is 24.3 Å². The van der Waals surface area contributed by atoms with Crippen LogP contribution in [0.3, 0.4) is 0 Å². The number of nitrogens with zero attached hydrogens (tertiary/aromatic N) is 2. The Morgan fingerprint density at radius 2 is 2.05 bits per heavy atom. The van der Waals surface area contributed by atoms with Gasteiger partial charge in [-0.15, -0.1) is 10.2 Å². The number of esters is 1. The number of aromatic nitrogens is 2. The van der Waals surface area contributed by atoms with Crippen molar-refractivity contribution in [3.8, 4) is 11.5 Å². The molecule has 116 valence electrons. The summed E-state index contributed by atoms with van der Waals surface area (Å²) in [4.78, 5) is 23.6. The number of carbonyl (C=O) groups is 2. The first-order valence-corrected chi connectivity index (χ1v) is 6.97. The molecule has 0 aliphatic rings. The first-order valence-electron chi connectivity index (χ1n) is 6.97. The van der Waals surface area contributed by atoms with Gasteiger partial charge in [-0.05, 0) is 37.6 Å². The summed E-state index contributed by atoms with van der Waals surface area (Å²) in [5.74, 6) is -0.499. The SMILES string of the molecule is CCCNC(=O)[C@H](C)OC(=O)c1ccc(-c2nnco2)cc1. The summed E-state index contributed by atoms with van der Waals surface area (Å²) in [6.45, 7) is 4.04. The number of carbonyl (C=O) groups excluding carboxylic acids is 2. The average molecular weight is 303 g/mol. The van der Waals surface area contributed by atoms with Crippen LogP contribution in [-0.2, 0) is 9.53 Å². The van der Waals surface area contributed by atoms with Crippen LogP contribution in [0.4, 0.5) is 0 Å². The van der Waals surface area contributed by atoms with E-state index >= 15 is 0 Å². The van der Waals surface area contributed by atoms with E-state index in [1.165, 1.54) is 13.3 Å². The zero-order valence-electron chi connectivity index (χ0n) is 12.4. The zero-order valence-corrected chi connectivity index (χ0v) is 12.4. The lowest BCUT2D eigenvalue weighted by molar-refractivity contribution is -0.129. The molecule has 1 aromatic heterocycles. The molecule has 0 saturated heterocycles. The van der Waals surface area contributed by atoms with E-state index in [1.807, 2.05) is 6.92 Å². The van der Waals surface area contributed by atoms with E-state index in [9.17, 15) is 9.59 Å². The van der Waals surface area contributed by atoms with Crippen molar-refractivity contribution >= 4 is 11.9 Å². The van der Waals surface area contributed by atoms with Gasteiger partial charge < -0.3 is 14.5 Å². The molecule has 0 radical (unpaired) electrons. The Labute approximate surface area is 127 Å². The normalized spacial score (nSPS) is 11.7. The van der Waals surface area contributed by atoms with Crippen molar-refractivity contribution in [2.24, 2.45) is 0 Å². The fraction of sp³-hybridized carbons (Fsp3) is 0.333. The highest BCUT2D eigenvalue weighted by Gasteiger charge is 2.18. The number of amides is 1. The van der Waals surface area contributed by atoms with Gasteiger partial charge >= 0.3 is 5.97 Å². The van der Waals surface area contributed by atoms with Gasteiger partial charge in [0, 0.05) is 12.1 Å². The third-order valence-electron chi connectivity index (χ3n) is 2.93. The smallest absolute Gasteiger partial charge is 0.338 e. The maximum Gasteiger partial charge on any atom is 0.338 e. The van der Waals surface area contributed by atoms with E-state index < -0.39 is 12.1 Å². The first kappa shape index (κ1) is 15.7. The second-order valence-corrected chi connectivity index (χ2v) is 4.66. The molecule has 2 rings (SSSR count). The van der Waals surface area contributed by atoms with Crippen LogP contribution in [-0.4, -0.2) is 34.7 Å². The Hall–Kier alpha value is -2.70. The van der Waals surface area contributed by atoms with Crippen molar-refractivity contribution in [2.75, 3.05) is 6.54 Å². The number of nitrogens with one attached hydrogen (secondary N) is 1. The topological polar surface area (TPSA) is 94.3 Å². The van der Waals surface area contributed by atoms with E-state index in [2.05, 4.69) is 15.5 Å². The van der Waals surface area contributed by atoms with Crippen LogP contribution in [0.1, 0.15) is 30.6 Å². The predicted molar refractivity (Wildman–Crippen MR) is 77.9 cm³/mol. The van der Waals surface area contributed by atoms with Gasteiger partial charge in [0.2, 0.25) is 12.3 Å². The zero-order chi connectivity index (χ0) is 15.9. The Morgan fingerprint density at radius 1 is 1.32 bits per heavy atom. The Bertz CT molecular complexity index is 623. The fourth-order valence-corrected chi connectivity index (χ4v) is 1.72. The van der Waals surface area contributed by atoms with Crippen LogP contribution in [0.15, 0.2) is 35.1 Å². The molecule has 0 bridgehead atoms. The molecule has 1 atom stereocenters. The molecule has 1 aromatic carbocycles. The number of hydrogen-bond acceptors (Lipinski definition) is 6. The summed E-state index contributed by atoms with van der Waals surface area (Å²) in [6, 6.07) is 6.51. The predicted octanol–water partition coefficient (Wildman–Crippen LogP) is 1.81. The number of rotatable bonds is 6. The first-order chi connectivity index (χ1) is 10.6. The lowest BCUT2D eigenvalue weighted by Gasteiger charge is -2.13. The van der Waals surface area contributed by atoms with Gasteiger partial charge in [0.1, 0.15) is 0 Å². The fourth-order valence-electron chi connectivity index (χ4n) is 1.72. The largest absolute Gasteiger partial charge is 0.449 e. The van der Waals surface area contributed by atoms with E-state index in [-0.39, 0.29) is 5.91 Å². The maximum atomic E-state index is 12.0. The highest BCUT2D eigenvalue weighted by atomic mass is 16.5. The van der Waals surface area contributed by atoms with Crippen molar-refractivity contribution in [1.82, 2.24) is 15.5 Å². The van der Waals surface area contributed by atoms with Crippen molar-refractivity contribution in [3.05, 3.63) is 36.2 Å². The Balaban J connectivity index is 1.96. The Kier molecular flexibility index (Phi) is 5.24. The van der Waals surface area contributed by atoms with E-state index in [0.29, 0.717) is 23.6 Å². The molecule has 2 aromatic rings. The average Bonchev–Trinajstić information content (AvgIpc) is 3.07. The minimum absolute atomic E-state index is 0.308. The minimum atomic E-state index is -0.838. The molecule has 1 heterocycles. The van der Waals surface area contributed by atoms with Gasteiger partial charge in [-0.3, -0.25) is 4.79 Å². The second kappa shape index (κ2) is 7.35. The molecule has 1 N–H and O–H groups in total. The van der Waals surface area contributed by atoms with Gasteiger partial charge in [0.05, 0.1) is 5.56 Å². The molecule has 0 aliphatic carbocycles. The van der Waals surface area contributed by atoms with Crippen LogP contribution in [0, 0.1) is 0 Å². The molecular formula is C15H17N3O4. The highest BCUT2D eigenvalue weighted by Crippen LogP contribution is 2.17. The molecule has 0 saturated carbocycles. The molecule has 1 amide bonds. The summed E-state index contributed by atoms with van der Waals surface area (Å²) in [5.41, 5.74) is 1.04. The van der Waals surface area contributed by atoms with Gasteiger partial charge in [0.25, 0.3) is 5.91 Å². The quantitative estimate of drug-likeness (QED) is 0.818. The van der Waals surface area contributed by atoms with E-state index in [0.717, 1.165) is 6.42 Å². The standard InChI is InChI=1S/C15H17N3O4/c1-3-8-16-13(19)10(2)22-15(20)12-6-4-11(5-7-12)14-18-17-9-21-14/h4-7,9-10H,3,8H2,1-2H3,(H,16,19)/t10-/m0/s1. The monoisotopic (exact) mass is 303 g/mol. The molecule has 7 heteroatoms. The number of benzene rings is 1. The van der Waals surface area contributed by atoms with Crippen LogP contribution in [0.25, 0.3) is 11.5 Å². The number of ether oxygens (including phenoxy) is 1. The van der Waals surface area contributed by atoms with Crippen molar-refractivity contribution in [3.63, 3.8) is 0 Å². The van der Waals surface area contributed by atoms with Gasteiger partial charge in [-0.2, -0.15) is 0 Å². The second-order valence-electron chi connectivity index (χ2n) is 4.66. The van der Waals surface area contributed by atoms with Gasteiger partial charge in [-0.25, -0.2) is 4.79 Å². The maximum absolute atomic E-state index is 12.0. The summed E-state index contributed by atoms with van der Waals surface area (Å²) in [5, 5.41) is 10.0. The molecule has 7 nitrogen and oxygen atoms in total. The summed E-state index contributed by atoms with van der Waals surface area (Å²) in [6.07, 6.45) is 1.21. The summed E-state index contributed by atoms with van der Waals surface area (Å²) in [7, 11) is 0. The van der Waals surface area contributed by atoms with Crippen molar-refractivity contribution < 1.29 is 18.7 Å². The molecule has 0 unspecified atom stereocenters. The van der Waals surface area contributed by atoms with Crippen molar-refractivity contribution in [2.45, 2.75) is 26.4 Å². The lowest BCUT2D eigenvalue weighted by Crippen LogP contribution is -2.36. The summed E-state index contributed by atoms with van der Waals surface area (Å²) < 4.78 is 10.2. The molecular weight excluding hydrogens is 286 g/mol. The summed E-state index contributed by atoms with van der Waals surface area (Å²) >= 11 is 0. The van der Waals surface area contributed by atoms with Crippen LogP contribution in [0.5, 0.6) is 0 Å². The lowest BCUT2D eigenvalue weighted by atomic mass is 10.1. The van der Waals surface area contributed by atoms with Crippen LogP contribution in [0.2, 0.25) is 0 Å². The molecule has 22 heavy (non-hydrogen) atoms. The van der Waals surface area contributed by atoms with Gasteiger partial charge in [0.15, 0.2) is 6.10 Å². The van der Waals surface area contributed by atoms with E-state index in [4.69, 9.17) is 9.15 Å².